The number of benzene rings is 2. The number of hydrogen-bond donors (Lipinski definition) is 1. The van der Waals surface area contributed by atoms with E-state index in [0.717, 1.165) is 18.2 Å². The van der Waals surface area contributed by atoms with Crippen molar-refractivity contribution >= 4 is 0 Å². The average Bonchev–Trinajstić information content (AvgIpc) is 2.46. The molecule has 1 aliphatic rings. The Morgan fingerprint density at radius 1 is 1.14 bits per heavy atom. The van der Waals surface area contributed by atoms with Gasteiger partial charge in [0.05, 0.1) is 7.11 Å². The van der Waals surface area contributed by atoms with Gasteiger partial charge in [0.15, 0.2) is 0 Å². The molecular weight excluding hydrogens is 258 g/mol. The molecule has 2 nitrogen and oxygen atoms in total. The molecule has 3 rings (SSSR count). The van der Waals surface area contributed by atoms with Gasteiger partial charge < -0.3 is 10.1 Å². The summed E-state index contributed by atoms with van der Waals surface area (Å²) in [7, 11) is 3.70. The topological polar surface area (TPSA) is 21.3 Å². The molecule has 0 bridgehead atoms. The van der Waals surface area contributed by atoms with Crippen molar-refractivity contribution < 1.29 is 4.74 Å². The first-order valence-corrected chi connectivity index (χ1v) is 7.73. The summed E-state index contributed by atoms with van der Waals surface area (Å²) < 4.78 is 5.35. The van der Waals surface area contributed by atoms with E-state index in [-0.39, 0.29) is 0 Å². The quantitative estimate of drug-likeness (QED) is 0.879. The summed E-state index contributed by atoms with van der Waals surface area (Å²) in [6.45, 7) is 0.847. The van der Waals surface area contributed by atoms with E-state index in [2.05, 4.69) is 41.7 Å². The lowest BCUT2D eigenvalue weighted by Crippen LogP contribution is -2.09. The maximum atomic E-state index is 5.35. The van der Waals surface area contributed by atoms with Crippen LogP contribution in [-0.4, -0.2) is 14.2 Å². The Balaban J connectivity index is 1.98. The van der Waals surface area contributed by atoms with E-state index < -0.39 is 0 Å². The highest BCUT2D eigenvalue weighted by Crippen LogP contribution is 2.38. The molecule has 0 radical (unpaired) electrons. The third-order valence-electron chi connectivity index (χ3n) is 4.45. The van der Waals surface area contributed by atoms with E-state index in [0.29, 0.717) is 0 Å². The van der Waals surface area contributed by atoms with Crippen LogP contribution in [0.3, 0.4) is 0 Å². The Kier molecular flexibility index (Phi) is 4.26. The lowest BCUT2D eigenvalue weighted by Gasteiger charge is -2.26. The highest BCUT2D eigenvalue weighted by atomic mass is 16.5. The molecule has 2 aromatic carbocycles. The molecule has 21 heavy (non-hydrogen) atoms. The largest absolute Gasteiger partial charge is 0.497 e. The highest BCUT2D eigenvalue weighted by Gasteiger charge is 2.19. The van der Waals surface area contributed by atoms with Gasteiger partial charge in [-0.05, 0) is 60.2 Å². The molecule has 0 saturated heterocycles. The molecule has 2 heteroatoms. The van der Waals surface area contributed by atoms with E-state index in [4.69, 9.17) is 4.74 Å². The molecular formula is C19H23NO. The van der Waals surface area contributed by atoms with E-state index in [9.17, 15) is 0 Å². The zero-order chi connectivity index (χ0) is 14.7. The van der Waals surface area contributed by atoms with Crippen molar-refractivity contribution in [2.45, 2.75) is 31.7 Å². The Bertz CT molecular complexity index is 617. The molecule has 0 amide bonds. The van der Waals surface area contributed by atoms with E-state index in [1.807, 2.05) is 13.1 Å². The minimum absolute atomic E-state index is 0.774. The van der Waals surface area contributed by atoms with Crippen LogP contribution in [0.5, 0.6) is 5.75 Å². The maximum Gasteiger partial charge on any atom is 0.119 e. The molecule has 1 aliphatic carbocycles. The van der Waals surface area contributed by atoms with Gasteiger partial charge in [-0.1, -0.05) is 36.8 Å². The standard InChI is InChI=1S/C19H23NO/c1-20-13-17-12-18(21-2)9-10-19(17)16-8-4-7-15(11-16)14-5-3-6-14/h4,7-12,14,20H,3,5-6,13H2,1-2H3. The van der Waals surface area contributed by atoms with Crippen LogP contribution in [0.1, 0.15) is 36.3 Å². The molecule has 1 fully saturated rings. The van der Waals surface area contributed by atoms with Crippen molar-refractivity contribution in [3.63, 3.8) is 0 Å². The number of ether oxygens (including phenoxy) is 1. The third kappa shape index (κ3) is 2.96. The van der Waals surface area contributed by atoms with Crippen LogP contribution in [0.2, 0.25) is 0 Å². The van der Waals surface area contributed by atoms with Crippen molar-refractivity contribution in [2.75, 3.05) is 14.2 Å². The van der Waals surface area contributed by atoms with Gasteiger partial charge in [0.25, 0.3) is 0 Å². The van der Waals surface area contributed by atoms with Crippen molar-refractivity contribution in [2.24, 2.45) is 0 Å². The van der Waals surface area contributed by atoms with Crippen LogP contribution in [0.15, 0.2) is 42.5 Å². The highest BCUT2D eigenvalue weighted by molar-refractivity contribution is 5.69. The first-order chi connectivity index (χ1) is 10.3. The molecule has 110 valence electrons. The van der Waals surface area contributed by atoms with Gasteiger partial charge in [-0.25, -0.2) is 0 Å². The van der Waals surface area contributed by atoms with Gasteiger partial charge in [-0.15, -0.1) is 0 Å². The Hall–Kier alpha value is -1.80. The minimum atomic E-state index is 0.774. The van der Waals surface area contributed by atoms with Gasteiger partial charge in [0.1, 0.15) is 5.75 Å². The molecule has 0 spiro atoms. The zero-order valence-electron chi connectivity index (χ0n) is 12.9. The molecule has 0 aliphatic heterocycles. The summed E-state index contributed by atoms with van der Waals surface area (Å²) in [5.74, 6) is 1.69. The van der Waals surface area contributed by atoms with Crippen LogP contribution >= 0.6 is 0 Å². The summed E-state index contributed by atoms with van der Waals surface area (Å²) in [5, 5.41) is 3.25. The van der Waals surface area contributed by atoms with Crippen LogP contribution in [0.4, 0.5) is 0 Å². The van der Waals surface area contributed by atoms with Crippen molar-refractivity contribution in [3.05, 3.63) is 53.6 Å². The number of nitrogens with one attached hydrogen (secondary N) is 1. The van der Waals surface area contributed by atoms with E-state index in [1.165, 1.54) is 41.5 Å². The average molecular weight is 281 g/mol. The summed E-state index contributed by atoms with van der Waals surface area (Å²) in [6, 6.07) is 15.4. The van der Waals surface area contributed by atoms with E-state index in [1.54, 1.807) is 7.11 Å². The summed E-state index contributed by atoms with van der Waals surface area (Å²) >= 11 is 0. The normalized spacial score (nSPS) is 14.8. The second-order valence-electron chi connectivity index (χ2n) is 5.81. The van der Waals surface area contributed by atoms with Crippen molar-refractivity contribution in [1.29, 1.82) is 0 Å². The van der Waals surface area contributed by atoms with Crippen LogP contribution in [0.25, 0.3) is 11.1 Å². The molecule has 0 atom stereocenters. The lowest BCUT2D eigenvalue weighted by atomic mass is 9.79. The second-order valence-corrected chi connectivity index (χ2v) is 5.81. The van der Waals surface area contributed by atoms with E-state index >= 15 is 0 Å². The van der Waals surface area contributed by atoms with Gasteiger partial charge in [-0.3, -0.25) is 0 Å². The lowest BCUT2D eigenvalue weighted by molar-refractivity contribution is 0.414. The number of hydrogen-bond acceptors (Lipinski definition) is 2. The predicted molar refractivity (Wildman–Crippen MR) is 87.8 cm³/mol. The molecule has 1 saturated carbocycles. The van der Waals surface area contributed by atoms with Crippen LogP contribution < -0.4 is 10.1 Å². The predicted octanol–water partition coefficient (Wildman–Crippen LogP) is 4.35. The zero-order valence-corrected chi connectivity index (χ0v) is 12.9. The molecule has 2 aromatic rings. The first kappa shape index (κ1) is 14.2. The second kappa shape index (κ2) is 6.31. The first-order valence-electron chi connectivity index (χ1n) is 7.73. The fourth-order valence-corrected chi connectivity index (χ4v) is 3.02. The number of rotatable bonds is 5. The van der Waals surface area contributed by atoms with Gasteiger partial charge >= 0.3 is 0 Å². The number of methoxy groups -OCH3 is 1. The van der Waals surface area contributed by atoms with Gasteiger partial charge in [0.2, 0.25) is 0 Å². The van der Waals surface area contributed by atoms with Gasteiger partial charge in [-0.2, -0.15) is 0 Å². The molecule has 1 N–H and O–H groups in total. The fraction of sp³-hybridized carbons (Fsp3) is 0.368. The maximum absolute atomic E-state index is 5.35. The monoisotopic (exact) mass is 281 g/mol. The minimum Gasteiger partial charge on any atom is -0.497 e. The summed E-state index contributed by atoms with van der Waals surface area (Å²) in [6.07, 6.45) is 4.06. The van der Waals surface area contributed by atoms with Crippen LogP contribution in [-0.2, 0) is 6.54 Å². The SMILES string of the molecule is CNCc1cc(OC)ccc1-c1cccc(C2CCC2)c1. The van der Waals surface area contributed by atoms with Crippen molar-refractivity contribution in [3.8, 4) is 16.9 Å². The summed E-state index contributed by atoms with van der Waals surface area (Å²) in [5.41, 5.74) is 5.38. The molecule has 0 heterocycles. The van der Waals surface area contributed by atoms with Crippen molar-refractivity contribution in [1.82, 2.24) is 5.32 Å². The fourth-order valence-electron chi connectivity index (χ4n) is 3.02. The Morgan fingerprint density at radius 3 is 2.67 bits per heavy atom. The Morgan fingerprint density at radius 2 is 2.00 bits per heavy atom. The smallest absolute Gasteiger partial charge is 0.119 e. The van der Waals surface area contributed by atoms with Crippen LogP contribution in [0, 0.1) is 0 Å². The molecule has 0 aromatic heterocycles. The summed E-state index contributed by atoms with van der Waals surface area (Å²) in [4.78, 5) is 0. The van der Waals surface area contributed by atoms with Gasteiger partial charge in [0, 0.05) is 6.54 Å². The third-order valence-corrected chi connectivity index (χ3v) is 4.45. The Labute approximate surface area is 127 Å². The molecule has 0 unspecified atom stereocenters.